The van der Waals surface area contributed by atoms with Crippen LogP contribution in [0.25, 0.3) is 0 Å². The predicted molar refractivity (Wildman–Crippen MR) is 32.2 cm³/mol. The van der Waals surface area contributed by atoms with Gasteiger partial charge in [0.05, 0.1) is 0 Å². The molecule has 0 aliphatic rings. The first kappa shape index (κ1) is 13.3. The third-order valence-electron chi connectivity index (χ3n) is 1.14. The summed E-state index contributed by atoms with van der Waals surface area (Å²) in [7, 11) is 0. The molecule has 1 nitrogen and oxygen atoms in total. The minimum absolute atomic E-state index is 0. The first-order valence-electron chi connectivity index (χ1n) is 2.74. The van der Waals surface area contributed by atoms with E-state index in [1.54, 1.807) is 0 Å². The number of hydrogen-bond acceptors (Lipinski definition) is 0. The van der Waals surface area contributed by atoms with E-state index in [2.05, 4.69) is 26.4 Å². The molecule has 1 aromatic heterocycles. The average molecular weight is 258 g/mol. The Balaban J connectivity index is 0. The number of nitrogens with one attached hydrogen (secondary N) is 1. The molecular formula is C6H10Cl2NZr. The Hall–Kier alpha value is 0.743. The van der Waals surface area contributed by atoms with Crippen LogP contribution in [0.15, 0.2) is 18.3 Å². The maximum Gasteiger partial charge on any atom is -1.00 e. The number of H-pyrrole nitrogens is 1. The fourth-order valence-electron chi connectivity index (χ4n) is 0.641. The normalized spacial score (nSPS) is 7.40. The van der Waals surface area contributed by atoms with Gasteiger partial charge in [0.25, 0.3) is 0 Å². The van der Waals surface area contributed by atoms with Gasteiger partial charge in [-0.1, -0.05) is 0 Å². The van der Waals surface area contributed by atoms with Crippen molar-refractivity contribution >= 4 is 3.40 Å². The van der Waals surface area contributed by atoms with Crippen LogP contribution in [0.4, 0.5) is 0 Å². The summed E-state index contributed by atoms with van der Waals surface area (Å²) < 4.78 is 6.25. The second kappa shape index (κ2) is 6.45. The summed E-state index contributed by atoms with van der Waals surface area (Å²) in [6.07, 6.45) is 2.00. The van der Waals surface area contributed by atoms with Crippen molar-refractivity contribution in [3.8, 4) is 0 Å². The van der Waals surface area contributed by atoms with Gasteiger partial charge in [0.15, 0.2) is 0 Å². The van der Waals surface area contributed by atoms with Gasteiger partial charge in [0.1, 0.15) is 0 Å². The molecule has 1 N–H and O–H groups in total. The van der Waals surface area contributed by atoms with Crippen molar-refractivity contribution in [3.05, 3.63) is 18.3 Å². The van der Waals surface area contributed by atoms with Gasteiger partial charge >= 0.3 is 57.7 Å². The van der Waals surface area contributed by atoms with Crippen molar-refractivity contribution in [3.63, 3.8) is 0 Å². The first-order chi connectivity index (χ1) is 3.80. The monoisotopic (exact) mass is 256 g/mol. The largest absolute Gasteiger partial charge is 1.00 e. The molecular weight excluding hydrogens is 248 g/mol. The zero-order valence-electron chi connectivity index (χ0n) is 5.99. The number of aromatic amines is 1. The maximum atomic E-state index is 3.22. The molecule has 0 radical (unpaired) electrons. The van der Waals surface area contributed by atoms with Crippen LogP contribution in [0.3, 0.4) is 0 Å². The van der Waals surface area contributed by atoms with E-state index in [0.717, 1.165) is 0 Å². The molecule has 57 valence electrons. The summed E-state index contributed by atoms with van der Waals surface area (Å²) in [4.78, 5) is 3.22. The van der Waals surface area contributed by atoms with Crippen LogP contribution < -0.4 is 28.2 Å². The fraction of sp³-hybridized carbons (Fsp3) is 0.333. The molecule has 0 bridgehead atoms. The van der Waals surface area contributed by atoms with Gasteiger partial charge in [-0.25, -0.2) is 0 Å². The van der Waals surface area contributed by atoms with Gasteiger partial charge in [-0.2, -0.15) is 0 Å². The average Bonchev–Trinajstić information content (AvgIpc) is 2.12. The molecule has 0 saturated heterocycles. The summed E-state index contributed by atoms with van der Waals surface area (Å²) in [6.45, 7) is 0. The van der Waals surface area contributed by atoms with Crippen molar-refractivity contribution in [1.29, 1.82) is 0 Å². The topological polar surface area (TPSA) is 15.8 Å². The van der Waals surface area contributed by atoms with Crippen LogP contribution in [0.1, 0.15) is 0 Å². The van der Waals surface area contributed by atoms with Gasteiger partial charge in [-0.3, -0.25) is 0 Å². The molecule has 0 spiro atoms. The zero-order chi connectivity index (χ0) is 5.98. The predicted octanol–water partition coefficient (Wildman–Crippen LogP) is -4.64. The van der Waals surface area contributed by atoms with E-state index in [-0.39, 0.29) is 24.8 Å². The van der Waals surface area contributed by atoms with Gasteiger partial charge in [0.2, 0.25) is 0 Å². The van der Waals surface area contributed by atoms with E-state index >= 15 is 0 Å². The summed E-state index contributed by atoms with van der Waals surface area (Å²) in [5.74, 6) is 0. The van der Waals surface area contributed by atoms with Crippen molar-refractivity contribution in [2.45, 2.75) is 9.26 Å². The summed E-state index contributed by atoms with van der Waals surface area (Å²) in [6, 6.07) is 4.26. The number of halogens is 2. The Labute approximate surface area is 82.1 Å². The number of rotatable bonds is 1. The maximum absolute atomic E-state index is 3.22. The Morgan fingerprint density at radius 1 is 1.30 bits per heavy atom. The molecule has 4 heteroatoms. The molecule has 0 atom stereocenters. The van der Waals surface area contributed by atoms with Gasteiger partial charge in [0, 0.05) is 0 Å². The van der Waals surface area contributed by atoms with Crippen LogP contribution >= 0.6 is 0 Å². The smallest absolute Gasteiger partial charge is 1.00 e. The quantitative estimate of drug-likeness (QED) is 0.521. The molecule has 1 heterocycles. The van der Waals surface area contributed by atoms with E-state index in [9.17, 15) is 0 Å². The summed E-state index contributed by atoms with van der Waals surface area (Å²) in [5.41, 5.74) is 0. The van der Waals surface area contributed by atoms with Crippen molar-refractivity contribution in [2.24, 2.45) is 0 Å². The Morgan fingerprint density at radius 2 is 1.90 bits per heavy atom. The molecule has 0 aromatic carbocycles. The molecule has 0 fully saturated rings. The second-order valence-corrected chi connectivity index (χ2v) is 8.32. The third kappa shape index (κ3) is 3.80. The molecule has 0 aliphatic carbocycles. The zero-order valence-corrected chi connectivity index (χ0v) is 9.96. The fourth-order valence-corrected chi connectivity index (χ4v) is 2.61. The number of aromatic nitrogens is 1. The van der Waals surface area contributed by atoms with Crippen molar-refractivity contribution in [1.82, 2.24) is 4.98 Å². The van der Waals surface area contributed by atoms with E-state index < -0.39 is 21.8 Å². The minimum atomic E-state index is -1.02. The molecule has 0 unspecified atom stereocenters. The Morgan fingerprint density at radius 3 is 2.10 bits per heavy atom. The van der Waals surface area contributed by atoms with Crippen LogP contribution in [0.2, 0.25) is 9.26 Å². The van der Waals surface area contributed by atoms with E-state index in [1.807, 2.05) is 6.20 Å². The van der Waals surface area contributed by atoms with E-state index in [1.165, 1.54) is 3.40 Å². The van der Waals surface area contributed by atoms with Gasteiger partial charge in [-0.05, 0) is 0 Å². The summed E-state index contributed by atoms with van der Waals surface area (Å²) >= 11 is -1.02. The van der Waals surface area contributed by atoms with Gasteiger partial charge < -0.3 is 24.8 Å². The molecule has 1 aromatic rings. The second-order valence-electron chi connectivity index (χ2n) is 2.08. The SMILES string of the molecule is [CH3][Zr+2]([CH3])[c]1ccc[nH]1.[Cl-].[Cl-]. The third-order valence-corrected chi connectivity index (χ3v) is 4.55. The van der Waals surface area contributed by atoms with Crippen molar-refractivity contribution in [2.75, 3.05) is 0 Å². The Kier molecular flexibility index (Phi) is 8.61. The number of hydrogen-bond donors (Lipinski definition) is 1. The van der Waals surface area contributed by atoms with Crippen LogP contribution in [-0.4, -0.2) is 4.98 Å². The van der Waals surface area contributed by atoms with E-state index in [0.29, 0.717) is 0 Å². The molecule has 1 rings (SSSR count). The molecule has 0 aliphatic heterocycles. The Bertz CT molecular complexity index is 151. The molecule has 0 saturated carbocycles. The molecule has 10 heavy (non-hydrogen) atoms. The van der Waals surface area contributed by atoms with E-state index in [4.69, 9.17) is 0 Å². The summed E-state index contributed by atoms with van der Waals surface area (Å²) in [5, 5.41) is 0. The van der Waals surface area contributed by atoms with Crippen LogP contribution in [0, 0.1) is 0 Å². The molecule has 0 amide bonds. The standard InChI is InChI=1S/C4H4N.2CH3.2ClH.Zr/c1-2-4-5-3-1;;;;;/h1-3,5H;2*1H3;2*1H;/q;;;;;+2/p-2. The first-order valence-corrected chi connectivity index (χ1v) is 8.89. The minimum Gasteiger partial charge on any atom is -1.00 e. The van der Waals surface area contributed by atoms with Gasteiger partial charge in [-0.15, -0.1) is 0 Å². The van der Waals surface area contributed by atoms with Crippen LogP contribution in [-0.2, 0) is 21.8 Å². The van der Waals surface area contributed by atoms with Crippen LogP contribution in [0.5, 0.6) is 0 Å². The van der Waals surface area contributed by atoms with Crippen molar-refractivity contribution < 1.29 is 46.6 Å².